The number of likely N-dealkylation sites (N-methyl/N-ethyl adjacent to an activating group) is 1. The van der Waals surface area contributed by atoms with Crippen molar-refractivity contribution in [1.29, 1.82) is 0 Å². The van der Waals surface area contributed by atoms with E-state index < -0.39 is 0 Å². The Labute approximate surface area is 181 Å². The van der Waals surface area contributed by atoms with Crippen LogP contribution in [0.25, 0.3) is 0 Å². The molecule has 0 aliphatic rings. The maximum absolute atomic E-state index is 5.77. The maximum atomic E-state index is 5.77. The third-order valence-corrected chi connectivity index (χ3v) is 3.93. The number of nitrogens with zero attached hydrogens (tertiary/aromatic N) is 3. The van der Waals surface area contributed by atoms with E-state index in [0.717, 1.165) is 57.0 Å². The van der Waals surface area contributed by atoms with Crippen molar-refractivity contribution < 1.29 is 9.47 Å². The van der Waals surface area contributed by atoms with Gasteiger partial charge >= 0.3 is 0 Å². The van der Waals surface area contributed by atoms with Crippen molar-refractivity contribution >= 4 is 29.9 Å². The van der Waals surface area contributed by atoms with Gasteiger partial charge in [0.15, 0.2) is 5.96 Å². The maximum Gasteiger partial charge on any atom is 0.218 e. The molecule has 0 radical (unpaired) electrons. The minimum Gasteiger partial charge on any atom is -0.477 e. The van der Waals surface area contributed by atoms with Crippen molar-refractivity contribution in [3.05, 3.63) is 23.9 Å². The van der Waals surface area contributed by atoms with Crippen LogP contribution in [0.4, 0.5) is 0 Å². The molecular weight excluding hydrogens is 457 g/mol. The lowest BCUT2D eigenvalue weighted by atomic mass is 10.2. The van der Waals surface area contributed by atoms with E-state index in [1.807, 2.05) is 12.1 Å². The summed E-state index contributed by atoms with van der Waals surface area (Å²) in [7, 11) is 5.63. The Morgan fingerprint density at radius 2 is 2.04 bits per heavy atom. The number of aromatic nitrogens is 1. The van der Waals surface area contributed by atoms with Crippen LogP contribution < -0.4 is 15.4 Å². The van der Waals surface area contributed by atoms with E-state index in [0.29, 0.717) is 19.0 Å². The summed E-state index contributed by atoms with van der Waals surface area (Å²) in [4.78, 5) is 10.9. The zero-order valence-corrected chi connectivity index (χ0v) is 19.5. The first-order valence-corrected chi connectivity index (χ1v) is 9.40. The average molecular weight is 493 g/mol. The van der Waals surface area contributed by atoms with E-state index in [-0.39, 0.29) is 24.0 Å². The average Bonchev–Trinajstić information content (AvgIpc) is 2.66. The van der Waals surface area contributed by atoms with Crippen LogP contribution in [0.5, 0.6) is 5.88 Å². The smallest absolute Gasteiger partial charge is 0.218 e. The van der Waals surface area contributed by atoms with E-state index in [9.17, 15) is 0 Å². The predicted octanol–water partition coefficient (Wildman–Crippen LogP) is 2.51. The molecule has 156 valence electrons. The lowest BCUT2D eigenvalue weighted by molar-refractivity contribution is 0.180. The lowest BCUT2D eigenvalue weighted by Gasteiger charge is -2.18. The highest BCUT2D eigenvalue weighted by molar-refractivity contribution is 14.0. The summed E-state index contributed by atoms with van der Waals surface area (Å²) < 4.78 is 10.9. The van der Waals surface area contributed by atoms with Gasteiger partial charge in [-0.05, 0) is 26.0 Å². The number of aliphatic imine (C=N–C) groups is 1. The van der Waals surface area contributed by atoms with E-state index >= 15 is 0 Å². The molecule has 0 unspecified atom stereocenters. The summed E-state index contributed by atoms with van der Waals surface area (Å²) in [5, 5.41) is 6.66. The Hall–Kier alpha value is -1.13. The summed E-state index contributed by atoms with van der Waals surface area (Å²) in [6.07, 6.45) is 4.94. The second-order valence-corrected chi connectivity index (χ2v) is 6.17. The number of pyridine rings is 1. The molecule has 1 aromatic heterocycles. The number of rotatable bonds is 13. The van der Waals surface area contributed by atoms with Gasteiger partial charge in [-0.1, -0.05) is 19.4 Å². The van der Waals surface area contributed by atoms with Gasteiger partial charge in [0, 0.05) is 58.7 Å². The molecule has 0 amide bonds. The van der Waals surface area contributed by atoms with Crippen LogP contribution in [-0.2, 0) is 11.3 Å². The van der Waals surface area contributed by atoms with Gasteiger partial charge in [-0.3, -0.25) is 4.99 Å². The Balaban J connectivity index is 0.00000676. The quantitative estimate of drug-likeness (QED) is 0.191. The summed E-state index contributed by atoms with van der Waals surface area (Å²) >= 11 is 0. The predicted molar refractivity (Wildman–Crippen MR) is 122 cm³/mol. The summed E-state index contributed by atoms with van der Waals surface area (Å²) in [5.74, 6) is 1.47. The molecule has 1 heterocycles. The van der Waals surface area contributed by atoms with Gasteiger partial charge in [-0.15, -0.1) is 24.0 Å². The zero-order valence-electron chi connectivity index (χ0n) is 17.2. The molecule has 0 fully saturated rings. The van der Waals surface area contributed by atoms with Gasteiger partial charge in [0.1, 0.15) is 0 Å². The normalized spacial score (nSPS) is 11.2. The molecule has 7 nitrogen and oxygen atoms in total. The first-order valence-electron chi connectivity index (χ1n) is 9.40. The number of methoxy groups -OCH3 is 1. The Kier molecular flexibility index (Phi) is 16.3. The molecule has 0 saturated heterocycles. The van der Waals surface area contributed by atoms with Crippen molar-refractivity contribution in [2.45, 2.75) is 32.7 Å². The number of ether oxygens (including phenoxy) is 2. The van der Waals surface area contributed by atoms with Gasteiger partial charge in [-0.25, -0.2) is 4.98 Å². The summed E-state index contributed by atoms with van der Waals surface area (Å²) in [5.41, 5.74) is 1.03. The highest BCUT2D eigenvalue weighted by Crippen LogP contribution is 2.14. The van der Waals surface area contributed by atoms with Crippen LogP contribution in [0, 0.1) is 0 Å². The molecule has 1 aromatic rings. The minimum atomic E-state index is 0. The van der Waals surface area contributed by atoms with Crippen LogP contribution in [0.1, 0.15) is 31.7 Å². The molecular formula is C19H36IN5O2. The highest BCUT2D eigenvalue weighted by atomic mass is 127. The largest absolute Gasteiger partial charge is 0.477 e. The second kappa shape index (κ2) is 17.0. The third kappa shape index (κ3) is 12.0. The van der Waals surface area contributed by atoms with Gasteiger partial charge < -0.3 is 25.0 Å². The van der Waals surface area contributed by atoms with Crippen molar-refractivity contribution in [2.24, 2.45) is 4.99 Å². The van der Waals surface area contributed by atoms with E-state index in [4.69, 9.17) is 9.47 Å². The SMILES string of the molecule is CCCCOc1ncccc1CNC(=NC)NCCN(C)CCCOC.I. The van der Waals surface area contributed by atoms with Crippen molar-refractivity contribution in [2.75, 3.05) is 54.1 Å². The molecule has 0 bridgehead atoms. The fourth-order valence-corrected chi connectivity index (χ4v) is 2.36. The molecule has 0 atom stereocenters. The van der Waals surface area contributed by atoms with Crippen LogP contribution >= 0.6 is 24.0 Å². The molecule has 0 aromatic carbocycles. The summed E-state index contributed by atoms with van der Waals surface area (Å²) in [6, 6.07) is 3.95. The van der Waals surface area contributed by atoms with E-state index in [2.05, 4.69) is 39.5 Å². The molecule has 0 saturated carbocycles. The fraction of sp³-hybridized carbons (Fsp3) is 0.684. The standard InChI is InChI=1S/C19H35N5O2.HI/c1-5-6-15-26-18-17(9-7-10-21-18)16-23-19(20-2)22-11-13-24(3)12-8-14-25-4;/h7,9-10H,5-6,8,11-16H2,1-4H3,(H2,20,22,23);1H. The molecule has 1 rings (SSSR count). The van der Waals surface area contributed by atoms with Crippen LogP contribution in [0.2, 0.25) is 0 Å². The van der Waals surface area contributed by atoms with Gasteiger partial charge in [0.25, 0.3) is 0 Å². The Bertz CT molecular complexity index is 517. The summed E-state index contributed by atoms with van der Waals surface area (Å²) in [6.45, 7) is 7.07. The number of guanidine groups is 1. The van der Waals surface area contributed by atoms with Crippen LogP contribution in [0.15, 0.2) is 23.3 Å². The number of unbranched alkanes of at least 4 members (excludes halogenated alkanes) is 1. The fourth-order valence-electron chi connectivity index (χ4n) is 2.36. The van der Waals surface area contributed by atoms with Gasteiger partial charge in [0.2, 0.25) is 5.88 Å². The van der Waals surface area contributed by atoms with Crippen LogP contribution in [0.3, 0.4) is 0 Å². The first-order chi connectivity index (χ1) is 12.7. The molecule has 27 heavy (non-hydrogen) atoms. The molecule has 0 aliphatic carbocycles. The first kappa shape index (κ1) is 25.9. The van der Waals surface area contributed by atoms with Gasteiger partial charge in [-0.2, -0.15) is 0 Å². The monoisotopic (exact) mass is 493 g/mol. The third-order valence-electron chi connectivity index (χ3n) is 3.93. The lowest BCUT2D eigenvalue weighted by Crippen LogP contribution is -2.40. The minimum absolute atomic E-state index is 0. The van der Waals surface area contributed by atoms with Crippen molar-refractivity contribution in [3.63, 3.8) is 0 Å². The van der Waals surface area contributed by atoms with E-state index in [1.165, 1.54) is 0 Å². The Morgan fingerprint density at radius 1 is 1.22 bits per heavy atom. The number of hydrogen-bond donors (Lipinski definition) is 2. The molecule has 8 heteroatoms. The number of halogens is 1. The van der Waals surface area contributed by atoms with Crippen molar-refractivity contribution in [1.82, 2.24) is 20.5 Å². The zero-order chi connectivity index (χ0) is 19.0. The number of nitrogens with one attached hydrogen (secondary N) is 2. The highest BCUT2D eigenvalue weighted by Gasteiger charge is 2.06. The van der Waals surface area contributed by atoms with Crippen LogP contribution in [-0.4, -0.2) is 69.9 Å². The second-order valence-electron chi connectivity index (χ2n) is 6.17. The topological polar surface area (TPSA) is 71.0 Å². The molecule has 2 N–H and O–H groups in total. The molecule has 0 aliphatic heterocycles. The van der Waals surface area contributed by atoms with Gasteiger partial charge in [0.05, 0.1) is 6.61 Å². The number of hydrogen-bond acceptors (Lipinski definition) is 5. The van der Waals surface area contributed by atoms with Crippen molar-refractivity contribution in [3.8, 4) is 5.88 Å². The van der Waals surface area contributed by atoms with E-state index in [1.54, 1.807) is 20.4 Å². The molecule has 0 spiro atoms. The Morgan fingerprint density at radius 3 is 2.74 bits per heavy atom.